The van der Waals surface area contributed by atoms with E-state index in [1.165, 1.54) is 10.4 Å². The molecule has 1 amide bonds. The Balaban J connectivity index is 1.42. The van der Waals surface area contributed by atoms with Crippen LogP contribution in [0.1, 0.15) is 33.8 Å². The Kier molecular flexibility index (Phi) is 3.52. The van der Waals surface area contributed by atoms with E-state index in [-0.39, 0.29) is 5.91 Å². The van der Waals surface area contributed by atoms with E-state index in [0.29, 0.717) is 32.0 Å². The van der Waals surface area contributed by atoms with Crippen molar-refractivity contribution in [3.8, 4) is 11.3 Å². The summed E-state index contributed by atoms with van der Waals surface area (Å²) in [7, 11) is 1.94. The summed E-state index contributed by atoms with van der Waals surface area (Å²) in [6.45, 7) is 2.64. The molecule has 2 saturated heterocycles. The van der Waals surface area contributed by atoms with Crippen LogP contribution in [0, 0.1) is 0 Å². The number of aryl methyl sites for hydroxylation is 2. The van der Waals surface area contributed by atoms with Gasteiger partial charge in [0.15, 0.2) is 11.5 Å². The molecule has 25 heavy (non-hydrogen) atoms. The topological polar surface area (TPSA) is 56.6 Å². The number of amides is 1. The minimum atomic E-state index is -0.452. The molecule has 0 atom stereocenters. The van der Waals surface area contributed by atoms with E-state index in [2.05, 4.69) is 16.5 Å². The van der Waals surface area contributed by atoms with Gasteiger partial charge < -0.3 is 14.4 Å². The van der Waals surface area contributed by atoms with Crippen LogP contribution in [0.5, 0.6) is 0 Å². The average molecular weight is 359 g/mol. The number of rotatable bonds is 1. The van der Waals surface area contributed by atoms with E-state index in [0.717, 1.165) is 36.9 Å². The van der Waals surface area contributed by atoms with E-state index in [1.807, 2.05) is 16.6 Å². The minimum absolute atomic E-state index is 0.0448. The van der Waals surface area contributed by atoms with Crippen LogP contribution in [0.25, 0.3) is 11.3 Å². The fraction of sp³-hybridized carbons (Fsp3) is 0.556. The second kappa shape index (κ2) is 5.65. The summed E-state index contributed by atoms with van der Waals surface area (Å²) in [4.78, 5) is 16.4. The molecular formula is C18H21N3O3S. The number of fused-ring (bicyclic) bond motifs is 3. The number of nitrogens with zero attached hydrogens (tertiary/aromatic N) is 3. The minimum Gasteiger partial charge on any atom is -0.347 e. The number of hydrogen-bond acceptors (Lipinski definition) is 5. The van der Waals surface area contributed by atoms with Gasteiger partial charge in [0.05, 0.1) is 18.9 Å². The number of hydrogen-bond donors (Lipinski definition) is 0. The lowest BCUT2D eigenvalue weighted by atomic mass is 9.94. The largest absolute Gasteiger partial charge is 0.347 e. The van der Waals surface area contributed by atoms with Crippen molar-refractivity contribution in [2.75, 3.05) is 26.3 Å². The zero-order valence-corrected chi connectivity index (χ0v) is 15.1. The van der Waals surface area contributed by atoms with Crippen LogP contribution in [-0.2, 0) is 29.4 Å². The maximum atomic E-state index is 13.1. The van der Waals surface area contributed by atoms with Crippen molar-refractivity contribution in [2.45, 2.75) is 31.5 Å². The third-order valence-corrected chi connectivity index (χ3v) is 6.56. The second-order valence-corrected chi connectivity index (χ2v) is 7.96. The summed E-state index contributed by atoms with van der Waals surface area (Å²) in [5.41, 5.74) is 4.08. The highest BCUT2D eigenvalue weighted by Crippen LogP contribution is 2.38. The third-order valence-electron chi connectivity index (χ3n) is 5.58. The van der Waals surface area contributed by atoms with E-state index in [4.69, 9.17) is 9.47 Å². The highest BCUT2D eigenvalue weighted by Gasteiger charge is 2.41. The van der Waals surface area contributed by atoms with Crippen molar-refractivity contribution in [1.29, 1.82) is 0 Å². The van der Waals surface area contributed by atoms with E-state index in [9.17, 15) is 4.79 Å². The molecule has 6 nitrogen and oxygen atoms in total. The number of carbonyl (C=O) groups is 1. The zero-order chi connectivity index (χ0) is 17.0. The highest BCUT2D eigenvalue weighted by molar-refractivity contribution is 7.10. The molecule has 2 fully saturated rings. The van der Waals surface area contributed by atoms with Crippen molar-refractivity contribution in [3.63, 3.8) is 0 Å². The molecule has 3 aliphatic rings. The van der Waals surface area contributed by atoms with Crippen molar-refractivity contribution in [1.82, 2.24) is 14.7 Å². The standard InChI is InChI=1S/C18H21N3O3S/c1-20-16-12-4-11-25-14(12)3-2-13(16)15(19-20)17(22)21-7-5-18(6-8-21)23-9-10-24-18/h4,11H,2-3,5-10H2,1H3. The number of aromatic nitrogens is 2. The molecule has 132 valence electrons. The van der Waals surface area contributed by atoms with Crippen LogP contribution < -0.4 is 0 Å². The molecule has 0 saturated carbocycles. The Morgan fingerprint density at radius 3 is 2.76 bits per heavy atom. The number of piperidine rings is 1. The molecule has 0 N–H and O–H groups in total. The molecule has 1 aliphatic carbocycles. The van der Waals surface area contributed by atoms with Gasteiger partial charge in [0.1, 0.15) is 0 Å². The predicted octanol–water partition coefficient (Wildman–Crippen LogP) is 2.23. The van der Waals surface area contributed by atoms with Gasteiger partial charge in [0.2, 0.25) is 0 Å². The van der Waals surface area contributed by atoms with E-state index >= 15 is 0 Å². The fourth-order valence-electron chi connectivity index (χ4n) is 4.28. The van der Waals surface area contributed by atoms with Crippen LogP contribution in [0.15, 0.2) is 11.4 Å². The summed E-state index contributed by atoms with van der Waals surface area (Å²) in [5, 5.41) is 6.73. The van der Waals surface area contributed by atoms with Crippen molar-refractivity contribution in [3.05, 3.63) is 27.6 Å². The first kappa shape index (κ1) is 15.5. The molecule has 4 heterocycles. The van der Waals surface area contributed by atoms with Crippen molar-refractivity contribution >= 4 is 17.2 Å². The van der Waals surface area contributed by atoms with Crippen LogP contribution in [0.2, 0.25) is 0 Å². The maximum Gasteiger partial charge on any atom is 0.274 e. The molecular weight excluding hydrogens is 338 g/mol. The molecule has 0 unspecified atom stereocenters. The molecule has 2 aliphatic heterocycles. The third kappa shape index (κ3) is 2.37. The molecule has 0 aromatic carbocycles. The normalized spacial score (nSPS) is 21.4. The lowest BCUT2D eigenvalue weighted by Crippen LogP contribution is -2.47. The van der Waals surface area contributed by atoms with Crippen LogP contribution in [0.4, 0.5) is 0 Å². The average Bonchev–Trinajstić information content (AvgIpc) is 3.34. The van der Waals surface area contributed by atoms with Crippen LogP contribution in [0.3, 0.4) is 0 Å². The molecule has 2 aromatic rings. The van der Waals surface area contributed by atoms with E-state index < -0.39 is 5.79 Å². The van der Waals surface area contributed by atoms with Gasteiger partial charge in [-0.2, -0.15) is 5.10 Å². The Bertz CT molecular complexity index is 825. The van der Waals surface area contributed by atoms with Gasteiger partial charge in [-0.3, -0.25) is 9.48 Å². The molecule has 1 spiro atoms. The Hall–Kier alpha value is -1.70. The molecule has 7 heteroatoms. The first-order valence-electron chi connectivity index (χ1n) is 8.87. The smallest absolute Gasteiger partial charge is 0.274 e. The first-order chi connectivity index (χ1) is 12.2. The van der Waals surface area contributed by atoms with Gasteiger partial charge in [0, 0.05) is 49.0 Å². The lowest BCUT2D eigenvalue weighted by Gasteiger charge is -2.37. The summed E-state index contributed by atoms with van der Waals surface area (Å²) < 4.78 is 13.4. The molecule has 0 radical (unpaired) electrons. The number of thiophene rings is 1. The van der Waals surface area contributed by atoms with Gasteiger partial charge >= 0.3 is 0 Å². The monoisotopic (exact) mass is 359 g/mol. The van der Waals surface area contributed by atoms with Gasteiger partial charge in [-0.1, -0.05) is 0 Å². The highest BCUT2D eigenvalue weighted by atomic mass is 32.1. The first-order valence-corrected chi connectivity index (χ1v) is 9.75. The van der Waals surface area contributed by atoms with Gasteiger partial charge in [-0.25, -0.2) is 0 Å². The summed E-state index contributed by atoms with van der Waals surface area (Å²) in [6, 6.07) is 2.15. The van der Waals surface area contributed by atoms with Crippen molar-refractivity contribution in [2.24, 2.45) is 7.05 Å². The fourth-order valence-corrected chi connectivity index (χ4v) is 5.16. The lowest BCUT2D eigenvalue weighted by molar-refractivity contribution is -0.181. The van der Waals surface area contributed by atoms with Crippen molar-refractivity contribution < 1.29 is 14.3 Å². The second-order valence-electron chi connectivity index (χ2n) is 6.96. The Morgan fingerprint density at radius 2 is 2.00 bits per heavy atom. The van der Waals surface area contributed by atoms with Gasteiger partial charge in [-0.15, -0.1) is 11.3 Å². The van der Waals surface area contributed by atoms with Crippen LogP contribution >= 0.6 is 11.3 Å². The summed E-state index contributed by atoms with van der Waals surface area (Å²) in [5.74, 6) is -0.408. The zero-order valence-electron chi connectivity index (χ0n) is 14.3. The van der Waals surface area contributed by atoms with E-state index in [1.54, 1.807) is 11.3 Å². The number of carbonyl (C=O) groups excluding carboxylic acids is 1. The summed E-state index contributed by atoms with van der Waals surface area (Å²) in [6.07, 6.45) is 3.36. The van der Waals surface area contributed by atoms with Crippen LogP contribution in [-0.4, -0.2) is 52.7 Å². The summed E-state index contributed by atoms with van der Waals surface area (Å²) >= 11 is 1.79. The predicted molar refractivity (Wildman–Crippen MR) is 93.7 cm³/mol. The maximum absolute atomic E-state index is 13.1. The number of ether oxygens (including phenoxy) is 2. The molecule has 0 bridgehead atoms. The molecule has 5 rings (SSSR count). The Labute approximate surface area is 150 Å². The number of likely N-dealkylation sites (tertiary alicyclic amines) is 1. The van der Waals surface area contributed by atoms with Gasteiger partial charge in [-0.05, 0) is 24.3 Å². The quantitative estimate of drug-likeness (QED) is 0.783. The van der Waals surface area contributed by atoms with Gasteiger partial charge in [0.25, 0.3) is 5.91 Å². The Morgan fingerprint density at radius 1 is 1.24 bits per heavy atom. The molecule has 2 aromatic heterocycles. The SMILES string of the molecule is Cn1nc(C(=O)N2CCC3(CC2)OCCO3)c2c1-c1ccsc1CC2.